The number of hydrogen-bond donors (Lipinski definition) is 2. The monoisotopic (exact) mass is 340 g/mol. The van der Waals surface area contributed by atoms with Gasteiger partial charge in [-0.05, 0) is 32.8 Å². The van der Waals surface area contributed by atoms with Crippen molar-refractivity contribution in [3.63, 3.8) is 0 Å². The molecule has 2 N–H and O–H groups in total. The number of rotatable bonds is 3. The fraction of sp³-hybridized carbons (Fsp3) is 0.667. The largest absolute Gasteiger partial charge is 0.356 e. The molecular weight excluding hydrogens is 316 g/mol. The number of nitrogens with zero attached hydrogens (tertiary/aromatic N) is 2. The van der Waals surface area contributed by atoms with Gasteiger partial charge < -0.3 is 15.2 Å². The zero-order chi connectivity index (χ0) is 16.6. The molecule has 3 rings (SSSR count). The molecule has 23 heavy (non-hydrogen) atoms. The Morgan fingerprint density at radius 3 is 2.61 bits per heavy atom. The van der Waals surface area contributed by atoms with Crippen molar-refractivity contribution in [1.82, 2.24) is 19.5 Å². The Morgan fingerprint density at radius 2 is 1.91 bits per heavy atom. The van der Waals surface area contributed by atoms with E-state index in [0.717, 1.165) is 25.9 Å². The van der Waals surface area contributed by atoms with E-state index < -0.39 is 10.0 Å². The second-order valence-electron chi connectivity index (χ2n) is 6.35. The first kappa shape index (κ1) is 16.5. The summed E-state index contributed by atoms with van der Waals surface area (Å²) in [6, 6.07) is 1.44. The maximum atomic E-state index is 12.9. The van der Waals surface area contributed by atoms with Crippen molar-refractivity contribution >= 4 is 15.9 Å². The molecule has 2 aliphatic rings. The summed E-state index contributed by atoms with van der Waals surface area (Å²) in [5, 5.41) is 3.27. The van der Waals surface area contributed by atoms with E-state index in [4.69, 9.17) is 0 Å². The van der Waals surface area contributed by atoms with E-state index in [2.05, 4.69) is 10.3 Å². The Morgan fingerprint density at radius 1 is 1.22 bits per heavy atom. The summed E-state index contributed by atoms with van der Waals surface area (Å²) in [6.07, 6.45) is 3.44. The van der Waals surface area contributed by atoms with Crippen LogP contribution >= 0.6 is 0 Å². The van der Waals surface area contributed by atoms with Crippen molar-refractivity contribution in [1.29, 1.82) is 0 Å². The first-order valence-corrected chi connectivity index (χ1v) is 9.58. The Bertz CT molecular complexity index is 679. The minimum atomic E-state index is -3.59. The lowest BCUT2D eigenvalue weighted by molar-refractivity contribution is 0.0787. The van der Waals surface area contributed by atoms with Gasteiger partial charge in [-0.15, -0.1) is 0 Å². The van der Waals surface area contributed by atoms with Gasteiger partial charge in [0.25, 0.3) is 5.91 Å². The van der Waals surface area contributed by atoms with Crippen LogP contribution in [0.5, 0.6) is 0 Å². The number of carbonyl (C=O) groups excluding carboxylic acids is 1. The van der Waals surface area contributed by atoms with Gasteiger partial charge in [0.05, 0.1) is 0 Å². The molecule has 0 bridgehead atoms. The molecule has 1 amide bonds. The SMILES string of the molecule is CC1NCCN(S(=O)(=O)c2c[nH]c(C(=O)N3CCCC3)c2)C1C. The fourth-order valence-electron chi connectivity index (χ4n) is 3.24. The molecule has 2 fully saturated rings. The molecule has 2 aliphatic heterocycles. The number of H-pyrrole nitrogens is 1. The van der Waals surface area contributed by atoms with Crippen LogP contribution < -0.4 is 5.32 Å². The lowest BCUT2D eigenvalue weighted by Gasteiger charge is -2.37. The number of sulfonamides is 1. The number of hydrogen-bond acceptors (Lipinski definition) is 4. The molecular formula is C15H24N4O3S. The Labute approximate surface area is 137 Å². The maximum absolute atomic E-state index is 12.9. The third kappa shape index (κ3) is 3.02. The Kier molecular flexibility index (Phi) is 4.48. The average molecular weight is 340 g/mol. The molecule has 8 heteroatoms. The third-order valence-corrected chi connectivity index (χ3v) is 6.83. The van der Waals surface area contributed by atoms with Crippen LogP contribution in [0, 0.1) is 0 Å². The molecule has 3 heterocycles. The van der Waals surface area contributed by atoms with E-state index in [1.165, 1.54) is 16.6 Å². The minimum absolute atomic E-state index is 0.100. The van der Waals surface area contributed by atoms with Gasteiger partial charge in [-0.2, -0.15) is 4.31 Å². The normalized spacial score (nSPS) is 26.6. The van der Waals surface area contributed by atoms with Gasteiger partial charge in [0.1, 0.15) is 10.6 Å². The van der Waals surface area contributed by atoms with Crippen molar-refractivity contribution in [2.75, 3.05) is 26.2 Å². The van der Waals surface area contributed by atoms with E-state index in [1.54, 1.807) is 4.90 Å². The number of nitrogens with one attached hydrogen (secondary N) is 2. The van der Waals surface area contributed by atoms with Gasteiger partial charge in [-0.25, -0.2) is 8.42 Å². The number of carbonyl (C=O) groups is 1. The van der Waals surface area contributed by atoms with Crippen LogP contribution in [0.3, 0.4) is 0 Å². The summed E-state index contributed by atoms with van der Waals surface area (Å²) in [5.41, 5.74) is 0.348. The molecule has 2 unspecified atom stereocenters. The van der Waals surface area contributed by atoms with Crippen molar-refractivity contribution in [3.8, 4) is 0 Å². The highest BCUT2D eigenvalue weighted by Crippen LogP contribution is 2.23. The van der Waals surface area contributed by atoms with Gasteiger partial charge in [0.2, 0.25) is 10.0 Å². The molecule has 0 radical (unpaired) electrons. The van der Waals surface area contributed by atoms with Gasteiger partial charge in [0.15, 0.2) is 0 Å². The van der Waals surface area contributed by atoms with Crippen molar-refractivity contribution in [2.45, 2.75) is 43.7 Å². The van der Waals surface area contributed by atoms with Crippen molar-refractivity contribution in [2.24, 2.45) is 0 Å². The van der Waals surface area contributed by atoms with Crippen LogP contribution in [-0.2, 0) is 10.0 Å². The maximum Gasteiger partial charge on any atom is 0.270 e. The first-order valence-electron chi connectivity index (χ1n) is 8.14. The van der Waals surface area contributed by atoms with E-state index in [0.29, 0.717) is 18.8 Å². The highest BCUT2D eigenvalue weighted by molar-refractivity contribution is 7.89. The molecule has 0 saturated carbocycles. The van der Waals surface area contributed by atoms with Crippen LogP contribution in [0.15, 0.2) is 17.2 Å². The number of likely N-dealkylation sites (tertiary alicyclic amines) is 1. The summed E-state index contributed by atoms with van der Waals surface area (Å²) in [5.74, 6) is -0.120. The molecule has 1 aromatic heterocycles. The summed E-state index contributed by atoms with van der Waals surface area (Å²) >= 11 is 0. The van der Waals surface area contributed by atoms with Crippen molar-refractivity contribution < 1.29 is 13.2 Å². The van der Waals surface area contributed by atoms with Crippen molar-refractivity contribution in [3.05, 3.63) is 18.0 Å². The standard InChI is InChI=1S/C15H24N4O3S/c1-11-12(2)19(8-5-16-11)23(21,22)13-9-14(17-10-13)15(20)18-6-3-4-7-18/h9-12,16-17H,3-8H2,1-2H3. The zero-order valence-electron chi connectivity index (χ0n) is 13.6. The average Bonchev–Trinajstić information content (AvgIpc) is 3.20. The van der Waals surface area contributed by atoms with Crippen LogP contribution in [0.1, 0.15) is 37.2 Å². The molecule has 2 saturated heterocycles. The lowest BCUT2D eigenvalue weighted by atomic mass is 10.1. The number of aromatic amines is 1. The molecule has 2 atom stereocenters. The van der Waals surface area contributed by atoms with Crippen LogP contribution in [0.4, 0.5) is 0 Å². The van der Waals surface area contributed by atoms with E-state index in [-0.39, 0.29) is 22.9 Å². The first-order chi connectivity index (χ1) is 10.9. The predicted molar refractivity (Wildman–Crippen MR) is 86.7 cm³/mol. The van der Waals surface area contributed by atoms with Gasteiger partial charge >= 0.3 is 0 Å². The summed E-state index contributed by atoms with van der Waals surface area (Å²) in [4.78, 5) is 17.1. The van der Waals surface area contributed by atoms with E-state index in [9.17, 15) is 13.2 Å². The van der Waals surface area contributed by atoms with Gasteiger partial charge in [-0.3, -0.25) is 4.79 Å². The van der Waals surface area contributed by atoms with E-state index >= 15 is 0 Å². The number of amides is 1. The Balaban J connectivity index is 1.82. The molecule has 0 aliphatic carbocycles. The topological polar surface area (TPSA) is 85.5 Å². The smallest absolute Gasteiger partial charge is 0.270 e. The second kappa shape index (κ2) is 6.26. The third-order valence-electron chi connectivity index (χ3n) is 4.86. The van der Waals surface area contributed by atoms with Crippen LogP contribution in [0.25, 0.3) is 0 Å². The molecule has 0 spiro atoms. The zero-order valence-corrected chi connectivity index (χ0v) is 14.4. The van der Waals surface area contributed by atoms with Gasteiger partial charge in [0, 0.05) is 44.5 Å². The number of aromatic nitrogens is 1. The predicted octanol–water partition coefficient (Wildman–Crippen LogP) is 0.622. The summed E-state index contributed by atoms with van der Waals surface area (Å²) in [7, 11) is -3.59. The van der Waals surface area contributed by atoms with Gasteiger partial charge in [-0.1, -0.05) is 0 Å². The molecule has 0 aromatic carbocycles. The summed E-state index contributed by atoms with van der Waals surface area (Å²) < 4.78 is 27.2. The highest BCUT2D eigenvalue weighted by atomic mass is 32.2. The molecule has 128 valence electrons. The highest BCUT2D eigenvalue weighted by Gasteiger charge is 2.35. The van der Waals surface area contributed by atoms with E-state index in [1.807, 2.05) is 13.8 Å². The minimum Gasteiger partial charge on any atom is -0.356 e. The lowest BCUT2D eigenvalue weighted by Crippen LogP contribution is -2.56. The number of piperazine rings is 1. The summed E-state index contributed by atoms with van der Waals surface area (Å²) in [6.45, 7) is 6.44. The molecule has 1 aromatic rings. The molecule has 7 nitrogen and oxygen atoms in total. The quantitative estimate of drug-likeness (QED) is 0.845. The Hall–Kier alpha value is -1.38. The van der Waals surface area contributed by atoms with Crippen LogP contribution in [-0.4, -0.2) is 66.8 Å². The van der Waals surface area contributed by atoms with Crippen LogP contribution in [0.2, 0.25) is 0 Å². The fourth-order valence-corrected chi connectivity index (χ4v) is 4.94. The second-order valence-corrected chi connectivity index (χ2v) is 8.24.